The van der Waals surface area contributed by atoms with E-state index in [2.05, 4.69) is 33.3 Å². The number of fused-ring (bicyclic) bond motifs is 1. The third-order valence-electron chi connectivity index (χ3n) is 8.11. The molecule has 0 unspecified atom stereocenters. The molecule has 3 amide bonds. The van der Waals surface area contributed by atoms with Crippen LogP contribution in [0.5, 0.6) is 0 Å². The van der Waals surface area contributed by atoms with Crippen LogP contribution in [0.4, 0.5) is 16.2 Å². The summed E-state index contributed by atoms with van der Waals surface area (Å²) in [7, 11) is 0. The van der Waals surface area contributed by atoms with Crippen molar-refractivity contribution in [2.45, 2.75) is 96.0 Å². The van der Waals surface area contributed by atoms with E-state index in [1.807, 2.05) is 20.8 Å². The molecule has 1 atom stereocenters. The first kappa shape index (κ1) is 26.8. The van der Waals surface area contributed by atoms with Crippen molar-refractivity contribution in [3.63, 3.8) is 0 Å². The second kappa shape index (κ2) is 11.1. The third kappa shape index (κ3) is 6.08. The van der Waals surface area contributed by atoms with Crippen LogP contribution >= 0.6 is 0 Å². The van der Waals surface area contributed by atoms with Crippen molar-refractivity contribution in [2.24, 2.45) is 0 Å². The fraction of sp³-hybridized carbons (Fsp3) is 0.690. The number of piperidine rings is 3. The van der Waals surface area contributed by atoms with Gasteiger partial charge in [-0.3, -0.25) is 14.9 Å². The Balaban J connectivity index is 1.15. The van der Waals surface area contributed by atoms with Gasteiger partial charge in [-0.15, -0.1) is 0 Å². The lowest BCUT2D eigenvalue weighted by Gasteiger charge is -2.42. The highest BCUT2D eigenvalue weighted by molar-refractivity contribution is 6.02. The van der Waals surface area contributed by atoms with E-state index >= 15 is 0 Å². The minimum Gasteiger partial charge on any atom is -0.444 e. The van der Waals surface area contributed by atoms with Gasteiger partial charge in [-0.25, -0.2) is 4.79 Å². The third-order valence-corrected chi connectivity index (χ3v) is 8.11. The van der Waals surface area contributed by atoms with Crippen molar-refractivity contribution < 1.29 is 23.9 Å². The summed E-state index contributed by atoms with van der Waals surface area (Å²) in [6.07, 6.45) is 6.84. The molecule has 38 heavy (non-hydrogen) atoms. The van der Waals surface area contributed by atoms with E-state index in [1.54, 1.807) is 4.90 Å². The minimum atomic E-state index is -0.473. The summed E-state index contributed by atoms with van der Waals surface area (Å²) in [5.41, 5.74) is 3.25. The van der Waals surface area contributed by atoms with Crippen molar-refractivity contribution >= 4 is 29.3 Å². The fourth-order valence-electron chi connectivity index (χ4n) is 6.24. The lowest BCUT2D eigenvalue weighted by atomic mass is 9.94. The first-order valence-corrected chi connectivity index (χ1v) is 14.3. The Labute approximate surface area is 225 Å². The van der Waals surface area contributed by atoms with E-state index in [0.29, 0.717) is 25.9 Å². The number of benzene rings is 1. The number of nitrogens with one attached hydrogen (secondary N) is 1. The highest BCUT2D eigenvalue weighted by atomic mass is 16.6. The van der Waals surface area contributed by atoms with Crippen LogP contribution in [0, 0.1) is 0 Å². The van der Waals surface area contributed by atoms with Gasteiger partial charge < -0.3 is 24.2 Å². The van der Waals surface area contributed by atoms with Crippen LogP contribution in [-0.2, 0) is 25.5 Å². The Hall–Kier alpha value is -2.81. The molecule has 0 aromatic heterocycles. The number of nitrogens with zero attached hydrogens (tertiary/aromatic N) is 3. The van der Waals surface area contributed by atoms with Crippen LogP contribution in [0.1, 0.15) is 71.3 Å². The number of anilines is 2. The Morgan fingerprint density at radius 3 is 2.21 bits per heavy atom. The van der Waals surface area contributed by atoms with Crippen LogP contribution in [0.25, 0.3) is 0 Å². The molecule has 4 aliphatic rings. The van der Waals surface area contributed by atoms with Gasteiger partial charge in [0.05, 0.1) is 12.2 Å². The second-order valence-corrected chi connectivity index (χ2v) is 12.0. The first-order valence-electron chi connectivity index (χ1n) is 14.3. The van der Waals surface area contributed by atoms with Gasteiger partial charge in [-0.05, 0) is 83.4 Å². The molecule has 1 N–H and O–H groups in total. The number of carbonyl (C=O) groups excluding carboxylic acids is 3. The molecule has 4 heterocycles. The van der Waals surface area contributed by atoms with Crippen LogP contribution < -0.4 is 15.1 Å². The molecule has 0 spiro atoms. The van der Waals surface area contributed by atoms with Crippen LogP contribution in [0.15, 0.2) is 18.2 Å². The summed E-state index contributed by atoms with van der Waals surface area (Å²) >= 11 is 0. The maximum Gasteiger partial charge on any atom is 0.410 e. The number of rotatable bonds is 4. The molecule has 0 bridgehead atoms. The molecular weight excluding hydrogens is 484 g/mol. The Morgan fingerprint density at radius 2 is 1.55 bits per heavy atom. The quantitative estimate of drug-likeness (QED) is 0.599. The smallest absolute Gasteiger partial charge is 0.410 e. The number of likely N-dealkylation sites (tertiary alicyclic amines) is 1. The average Bonchev–Trinajstić information content (AvgIpc) is 2.88. The van der Waals surface area contributed by atoms with Crippen molar-refractivity contribution in [3.05, 3.63) is 23.8 Å². The summed E-state index contributed by atoms with van der Waals surface area (Å²) in [4.78, 5) is 43.1. The summed E-state index contributed by atoms with van der Waals surface area (Å²) in [6.45, 7) is 9.76. The average molecular weight is 527 g/mol. The van der Waals surface area contributed by atoms with Gasteiger partial charge in [0.15, 0.2) is 0 Å². The standard InChI is InChI=1S/C29H42N4O5/c1-29(2,3)38-28(36)32-18-13-21(14-19-32)37-20-11-16-31(17-12-20)23-7-4-8-24-22(23)6-5-15-33(24)25-9-10-26(34)30-27(25)35/h4,7-8,20-21,25H,5-6,9-19H2,1-3H3,(H,30,34,35)/t25-/m1/s1. The molecule has 5 rings (SSSR count). The predicted octanol–water partition coefficient (Wildman–Crippen LogP) is 3.63. The molecule has 1 aromatic rings. The van der Waals surface area contributed by atoms with Gasteiger partial charge in [-0.1, -0.05) is 6.07 Å². The molecule has 0 saturated carbocycles. The second-order valence-electron chi connectivity index (χ2n) is 12.0. The van der Waals surface area contributed by atoms with Gasteiger partial charge >= 0.3 is 6.09 Å². The zero-order valence-electron chi connectivity index (χ0n) is 23.0. The SMILES string of the molecule is CC(C)(C)OC(=O)N1CCC(OC2CCN(c3cccc4c3CCCN4[C@@H]3CCC(=O)NC3=O)CC2)CC1. The van der Waals surface area contributed by atoms with E-state index in [-0.39, 0.29) is 36.2 Å². The number of hydrogen-bond acceptors (Lipinski definition) is 7. The molecule has 0 radical (unpaired) electrons. The van der Waals surface area contributed by atoms with Crippen LogP contribution in [0.2, 0.25) is 0 Å². The maximum absolute atomic E-state index is 12.6. The molecule has 208 valence electrons. The molecule has 4 aliphatic heterocycles. The zero-order chi connectivity index (χ0) is 26.9. The maximum atomic E-state index is 12.6. The van der Waals surface area contributed by atoms with Crippen LogP contribution in [0.3, 0.4) is 0 Å². The monoisotopic (exact) mass is 526 g/mol. The van der Waals surface area contributed by atoms with E-state index in [0.717, 1.165) is 63.8 Å². The number of hydrogen-bond donors (Lipinski definition) is 1. The lowest BCUT2D eigenvalue weighted by Crippen LogP contribution is -2.54. The molecule has 0 aliphatic carbocycles. The zero-order valence-corrected chi connectivity index (χ0v) is 23.0. The van der Waals surface area contributed by atoms with Crippen LogP contribution in [-0.4, -0.2) is 79.4 Å². The van der Waals surface area contributed by atoms with Crippen molar-refractivity contribution in [3.8, 4) is 0 Å². The topological polar surface area (TPSA) is 91.4 Å². The lowest BCUT2D eigenvalue weighted by molar-refractivity contribution is -0.134. The minimum absolute atomic E-state index is 0.170. The summed E-state index contributed by atoms with van der Waals surface area (Å²) in [6, 6.07) is 6.16. The van der Waals surface area contributed by atoms with E-state index in [4.69, 9.17) is 9.47 Å². The molecule has 9 nitrogen and oxygen atoms in total. The van der Waals surface area contributed by atoms with Crippen molar-refractivity contribution in [2.75, 3.05) is 42.5 Å². The Morgan fingerprint density at radius 1 is 0.895 bits per heavy atom. The summed E-state index contributed by atoms with van der Waals surface area (Å²) in [5, 5.41) is 2.52. The first-order chi connectivity index (χ1) is 18.2. The Kier molecular flexibility index (Phi) is 7.84. The molecule has 3 fully saturated rings. The Bertz CT molecular complexity index is 1040. The fourth-order valence-corrected chi connectivity index (χ4v) is 6.24. The summed E-state index contributed by atoms with van der Waals surface area (Å²) in [5.74, 6) is -0.342. The van der Waals surface area contributed by atoms with Gasteiger partial charge in [0, 0.05) is 50.5 Å². The molecule has 3 saturated heterocycles. The van der Waals surface area contributed by atoms with E-state index in [9.17, 15) is 14.4 Å². The largest absolute Gasteiger partial charge is 0.444 e. The predicted molar refractivity (Wildman–Crippen MR) is 145 cm³/mol. The van der Waals surface area contributed by atoms with Crippen molar-refractivity contribution in [1.29, 1.82) is 0 Å². The van der Waals surface area contributed by atoms with Crippen molar-refractivity contribution in [1.82, 2.24) is 10.2 Å². The summed E-state index contributed by atoms with van der Waals surface area (Å²) < 4.78 is 12.0. The number of amides is 3. The van der Waals surface area contributed by atoms with E-state index < -0.39 is 5.60 Å². The molecule has 1 aromatic carbocycles. The number of carbonyl (C=O) groups is 3. The van der Waals surface area contributed by atoms with Gasteiger partial charge in [-0.2, -0.15) is 0 Å². The molecular formula is C29H42N4O5. The normalized spacial score (nSPS) is 23.8. The highest BCUT2D eigenvalue weighted by Crippen LogP contribution is 2.38. The van der Waals surface area contributed by atoms with Gasteiger partial charge in [0.25, 0.3) is 0 Å². The highest BCUT2D eigenvalue weighted by Gasteiger charge is 2.35. The van der Waals surface area contributed by atoms with Gasteiger partial charge in [0.2, 0.25) is 11.8 Å². The number of ether oxygens (including phenoxy) is 2. The molecule has 9 heteroatoms. The number of imide groups is 1. The van der Waals surface area contributed by atoms with E-state index in [1.165, 1.54) is 11.3 Å². The van der Waals surface area contributed by atoms with Gasteiger partial charge in [0.1, 0.15) is 11.6 Å².